The van der Waals surface area contributed by atoms with Crippen LogP contribution >= 0.6 is 0 Å². The minimum atomic E-state index is -4.34. The summed E-state index contributed by atoms with van der Waals surface area (Å²) in [5.74, 6) is 0.854. The van der Waals surface area contributed by atoms with Gasteiger partial charge in [-0.1, -0.05) is 0 Å². The van der Waals surface area contributed by atoms with Crippen LogP contribution in [0.4, 0.5) is 13.2 Å². The zero-order valence-corrected chi connectivity index (χ0v) is 6.67. The molecule has 3 rings (SSSR count). The Balaban J connectivity index is 2.10. The minimum Gasteiger partial charge on any atom is -0.176 e. The van der Waals surface area contributed by atoms with Crippen LogP contribution in [0, 0.1) is 5.92 Å². The fourth-order valence-corrected chi connectivity index (χ4v) is 2.22. The number of halogens is 3. The van der Waals surface area contributed by atoms with Crippen molar-refractivity contribution in [1.82, 2.24) is 9.78 Å². The average molecular weight is 188 g/mol. The Morgan fingerprint density at radius 1 is 1.46 bits per heavy atom. The zero-order valence-electron chi connectivity index (χ0n) is 6.67. The monoisotopic (exact) mass is 188 g/mol. The maximum Gasteiger partial charge on any atom is 0.504 e. The van der Waals surface area contributed by atoms with E-state index in [0.717, 1.165) is 12.0 Å². The average Bonchev–Trinajstić information content (AvgIpc) is 2.52. The van der Waals surface area contributed by atoms with Crippen LogP contribution in [0.15, 0.2) is 6.20 Å². The molecule has 0 N–H and O–H groups in total. The highest BCUT2D eigenvalue weighted by Gasteiger charge is 2.50. The fourth-order valence-electron chi connectivity index (χ4n) is 2.22. The van der Waals surface area contributed by atoms with Gasteiger partial charge in [-0.05, 0) is 30.2 Å². The lowest BCUT2D eigenvalue weighted by Crippen LogP contribution is -2.20. The molecule has 0 bridgehead atoms. The molecule has 2 aliphatic carbocycles. The third-order valence-electron chi connectivity index (χ3n) is 2.92. The van der Waals surface area contributed by atoms with Crippen LogP contribution in [-0.2, 0) is 12.7 Å². The van der Waals surface area contributed by atoms with Gasteiger partial charge in [0.05, 0.1) is 11.9 Å². The van der Waals surface area contributed by atoms with Gasteiger partial charge in [0.1, 0.15) is 0 Å². The van der Waals surface area contributed by atoms with Crippen molar-refractivity contribution in [3.8, 4) is 0 Å². The molecule has 2 nitrogen and oxygen atoms in total. The highest BCUT2D eigenvalue weighted by atomic mass is 19.4. The van der Waals surface area contributed by atoms with E-state index in [2.05, 4.69) is 5.10 Å². The molecule has 1 aromatic heterocycles. The predicted octanol–water partition coefficient (Wildman–Crippen LogP) is 2.02. The summed E-state index contributed by atoms with van der Waals surface area (Å²) >= 11 is 0. The standard InChI is InChI=1S/C8H7F3N2/c9-8(10,11)13-7-2-4-1-5(4)6(7)3-12-13/h3-5H,1-2H2. The van der Waals surface area contributed by atoms with Crippen molar-refractivity contribution < 1.29 is 13.2 Å². The molecule has 2 atom stereocenters. The molecule has 0 spiro atoms. The van der Waals surface area contributed by atoms with Crippen LogP contribution in [0.5, 0.6) is 0 Å². The largest absolute Gasteiger partial charge is 0.504 e. The Bertz CT molecular complexity index is 366. The Kier molecular flexibility index (Phi) is 1.09. The molecule has 2 unspecified atom stereocenters. The van der Waals surface area contributed by atoms with Crippen molar-refractivity contribution in [2.45, 2.75) is 25.1 Å². The van der Waals surface area contributed by atoms with Gasteiger partial charge in [0.15, 0.2) is 0 Å². The Morgan fingerprint density at radius 2 is 2.23 bits per heavy atom. The summed E-state index contributed by atoms with van der Waals surface area (Å²) in [6.45, 7) is 0. The fraction of sp³-hybridized carbons (Fsp3) is 0.625. The third kappa shape index (κ3) is 0.870. The molecule has 0 radical (unpaired) electrons. The predicted molar refractivity (Wildman–Crippen MR) is 38.1 cm³/mol. The SMILES string of the molecule is FC(F)(F)n1ncc2c1CC1CC21. The van der Waals surface area contributed by atoms with E-state index in [1.54, 1.807) is 0 Å². The van der Waals surface area contributed by atoms with Gasteiger partial charge in [0.25, 0.3) is 0 Å². The lowest BCUT2D eigenvalue weighted by atomic mass is 10.2. The van der Waals surface area contributed by atoms with Crippen molar-refractivity contribution in [3.63, 3.8) is 0 Å². The van der Waals surface area contributed by atoms with Gasteiger partial charge in [-0.3, -0.25) is 0 Å². The van der Waals surface area contributed by atoms with E-state index in [1.165, 1.54) is 6.20 Å². The Morgan fingerprint density at radius 3 is 2.92 bits per heavy atom. The third-order valence-corrected chi connectivity index (χ3v) is 2.92. The van der Waals surface area contributed by atoms with Crippen molar-refractivity contribution in [2.24, 2.45) is 5.92 Å². The summed E-state index contributed by atoms with van der Waals surface area (Å²) in [6, 6.07) is 0. The summed E-state index contributed by atoms with van der Waals surface area (Å²) in [6.07, 6.45) is -1.36. The Labute approximate surface area is 72.3 Å². The van der Waals surface area contributed by atoms with Crippen molar-refractivity contribution >= 4 is 0 Å². The van der Waals surface area contributed by atoms with Gasteiger partial charge in [0.2, 0.25) is 0 Å². The second-order valence-corrected chi connectivity index (χ2v) is 3.73. The molecule has 5 heteroatoms. The van der Waals surface area contributed by atoms with Crippen molar-refractivity contribution in [2.75, 3.05) is 0 Å². The van der Waals surface area contributed by atoms with Gasteiger partial charge in [-0.2, -0.15) is 9.78 Å². The molecule has 0 saturated heterocycles. The van der Waals surface area contributed by atoms with Gasteiger partial charge < -0.3 is 0 Å². The van der Waals surface area contributed by atoms with Gasteiger partial charge in [0, 0.05) is 0 Å². The number of aromatic nitrogens is 2. The number of hydrogen-bond acceptors (Lipinski definition) is 1. The Hall–Kier alpha value is -1.00. The van der Waals surface area contributed by atoms with Crippen molar-refractivity contribution in [1.29, 1.82) is 0 Å². The van der Waals surface area contributed by atoms with E-state index in [1.807, 2.05) is 0 Å². The van der Waals surface area contributed by atoms with Crippen LogP contribution in [0.3, 0.4) is 0 Å². The van der Waals surface area contributed by atoms with E-state index in [9.17, 15) is 13.2 Å². The number of alkyl halides is 3. The summed E-state index contributed by atoms with van der Waals surface area (Å²) in [5, 5.41) is 3.38. The maximum atomic E-state index is 12.3. The maximum absolute atomic E-state index is 12.3. The summed E-state index contributed by atoms with van der Waals surface area (Å²) in [5.41, 5.74) is 1.20. The van der Waals surface area contributed by atoms with Crippen LogP contribution in [0.2, 0.25) is 0 Å². The van der Waals surface area contributed by atoms with Crippen LogP contribution in [-0.4, -0.2) is 9.78 Å². The normalized spacial score (nSPS) is 30.1. The van der Waals surface area contributed by atoms with E-state index in [-0.39, 0.29) is 4.68 Å². The first-order chi connectivity index (χ1) is 6.07. The first-order valence-electron chi connectivity index (χ1n) is 4.21. The number of hydrogen-bond donors (Lipinski definition) is 0. The van der Waals surface area contributed by atoms with E-state index in [4.69, 9.17) is 0 Å². The molecule has 70 valence electrons. The highest BCUT2D eigenvalue weighted by Crippen LogP contribution is 2.56. The van der Waals surface area contributed by atoms with Crippen LogP contribution < -0.4 is 0 Å². The summed E-state index contributed by atoms with van der Waals surface area (Å²) in [4.78, 5) is 0. The van der Waals surface area contributed by atoms with E-state index in [0.29, 0.717) is 24.0 Å². The molecular weight excluding hydrogens is 181 g/mol. The van der Waals surface area contributed by atoms with Crippen LogP contribution in [0.1, 0.15) is 23.6 Å². The quantitative estimate of drug-likeness (QED) is 0.609. The molecule has 1 fully saturated rings. The van der Waals surface area contributed by atoms with E-state index >= 15 is 0 Å². The summed E-state index contributed by atoms with van der Waals surface area (Å²) < 4.78 is 37.2. The van der Waals surface area contributed by atoms with Gasteiger partial charge >= 0.3 is 6.30 Å². The molecule has 13 heavy (non-hydrogen) atoms. The number of nitrogens with zero attached hydrogens (tertiary/aromatic N) is 2. The minimum absolute atomic E-state index is 0.217. The number of rotatable bonds is 0. The lowest BCUT2D eigenvalue weighted by Gasteiger charge is -2.09. The molecule has 0 amide bonds. The smallest absolute Gasteiger partial charge is 0.176 e. The lowest BCUT2D eigenvalue weighted by molar-refractivity contribution is -0.213. The first kappa shape index (κ1) is 7.41. The molecule has 1 aromatic rings. The second-order valence-electron chi connectivity index (χ2n) is 3.73. The molecule has 1 heterocycles. The van der Waals surface area contributed by atoms with Crippen LogP contribution in [0.25, 0.3) is 0 Å². The van der Waals surface area contributed by atoms with E-state index < -0.39 is 6.30 Å². The zero-order chi connectivity index (χ0) is 9.22. The molecular formula is C8H7F3N2. The summed E-state index contributed by atoms with van der Waals surface area (Å²) in [7, 11) is 0. The molecule has 2 aliphatic rings. The topological polar surface area (TPSA) is 17.8 Å². The van der Waals surface area contributed by atoms with Crippen molar-refractivity contribution in [3.05, 3.63) is 17.5 Å². The molecule has 1 saturated carbocycles. The highest BCUT2D eigenvalue weighted by molar-refractivity contribution is 5.36. The van der Waals surface area contributed by atoms with Gasteiger partial charge in [-0.25, -0.2) is 0 Å². The number of fused-ring (bicyclic) bond motifs is 3. The van der Waals surface area contributed by atoms with Gasteiger partial charge in [-0.15, -0.1) is 13.2 Å². The molecule has 0 aromatic carbocycles. The molecule has 0 aliphatic heterocycles. The second kappa shape index (κ2) is 1.91. The first-order valence-corrected chi connectivity index (χ1v) is 4.21.